The van der Waals surface area contributed by atoms with Crippen molar-refractivity contribution in [3.63, 3.8) is 0 Å². The first-order chi connectivity index (χ1) is 19.6. The number of amides is 2. The van der Waals surface area contributed by atoms with Gasteiger partial charge in [0, 0.05) is 19.2 Å². The number of methoxy groups -OCH3 is 2. The van der Waals surface area contributed by atoms with Gasteiger partial charge < -0.3 is 19.7 Å². The minimum Gasteiger partial charge on any atom is -0.493 e. The van der Waals surface area contributed by atoms with E-state index in [1.54, 1.807) is 37.3 Å². The minimum atomic E-state index is -4.28. The van der Waals surface area contributed by atoms with Crippen molar-refractivity contribution in [1.82, 2.24) is 10.2 Å². The Labute approximate surface area is 240 Å². The van der Waals surface area contributed by atoms with E-state index in [4.69, 9.17) is 9.47 Å². The first-order valence-electron chi connectivity index (χ1n) is 13.2. The van der Waals surface area contributed by atoms with Crippen LogP contribution >= 0.6 is 0 Å². The monoisotopic (exact) mass is 585 g/mol. The molecule has 3 aromatic carbocycles. The molecule has 220 valence electrons. The van der Waals surface area contributed by atoms with Gasteiger partial charge in [0.05, 0.1) is 24.8 Å². The molecule has 0 saturated carbocycles. The maximum absolute atomic E-state index is 14.0. The second-order valence-electron chi connectivity index (χ2n) is 9.33. The molecule has 0 aliphatic heterocycles. The zero-order valence-corrected chi connectivity index (χ0v) is 24.5. The van der Waals surface area contributed by atoms with E-state index in [9.17, 15) is 22.4 Å². The Morgan fingerprint density at radius 3 is 2.22 bits per heavy atom. The third-order valence-corrected chi connectivity index (χ3v) is 8.30. The molecule has 1 atom stereocenters. The number of rotatable bonds is 14. The van der Waals surface area contributed by atoms with Crippen molar-refractivity contribution in [1.29, 1.82) is 0 Å². The summed E-state index contributed by atoms with van der Waals surface area (Å²) in [5.41, 5.74) is 0.847. The number of benzene rings is 3. The van der Waals surface area contributed by atoms with Gasteiger partial charge in [-0.25, -0.2) is 12.8 Å². The standard InChI is InChI=1S/C30H36FN3O6S/c1-5-6-18-32-30(36)22(2)33(20-23-12-14-24(31)15-13-23)29(35)21-34(25-10-8-7-9-11-25)41(37,38)26-16-17-27(39-3)28(19-26)40-4/h7-17,19,22H,5-6,18,20-21H2,1-4H3,(H,32,36)/t22-/m0/s1. The van der Waals surface area contributed by atoms with E-state index >= 15 is 0 Å². The summed E-state index contributed by atoms with van der Waals surface area (Å²) in [6, 6.07) is 17.0. The molecule has 3 aromatic rings. The van der Waals surface area contributed by atoms with Gasteiger partial charge in [-0.15, -0.1) is 0 Å². The van der Waals surface area contributed by atoms with Crippen LogP contribution in [0.1, 0.15) is 32.3 Å². The van der Waals surface area contributed by atoms with Crippen LogP contribution in [0, 0.1) is 5.82 Å². The van der Waals surface area contributed by atoms with Gasteiger partial charge in [-0.3, -0.25) is 13.9 Å². The first-order valence-corrected chi connectivity index (χ1v) is 14.7. The van der Waals surface area contributed by atoms with Crippen LogP contribution in [0.4, 0.5) is 10.1 Å². The maximum Gasteiger partial charge on any atom is 0.264 e. The average molecular weight is 586 g/mol. The lowest BCUT2D eigenvalue weighted by molar-refractivity contribution is -0.139. The molecule has 0 fully saturated rings. The number of ether oxygens (including phenoxy) is 2. The first kappa shape index (κ1) is 31.4. The van der Waals surface area contributed by atoms with Crippen molar-refractivity contribution in [3.8, 4) is 11.5 Å². The number of sulfonamides is 1. The topological polar surface area (TPSA) is 105 Å². The van der Waals surface area contributed by atoms with E-state index in [1.807, 2.05) is 6.92 Å². The number of nitrogens with zero attached hydrogens (tertiary/aromatic N) is 2. The lowest BCUT2D eigenvalue weighted by atomic mass is 10.1. The second-order valence-corrected chi connectivity index (χ2v) is 11.2. The predicted octanol–water partition coefficient (Wildman–Crippen LogP) is 4.37. The van der Waals surface area contributed by atoms with Crippen molar-refractivity contribution in [3.05, 3.63) is 84.2 Å². The largest absolute Gasteiger partial charge is 0.493 e. The fourth-order valence-corrected chi connectivity index (χ4v) is 5.56. The smallest absolute Gasteiger partial charge is 0.264 e. The van der Waals surface area contributed by atoms with Crippen molar-refractivity contribution in [2.24, 2.45) is 0 Å². The van der Waals surface area contributed by atoms with E-state index in [-0.39, 0.29) is 28.8 Å². The molecule has 2 amide bonds. The molecular formula is C30H36FN3O6S. The molecule has 0 aromatic heterocycles. The van der Waals surface area contributed by atoms with Gasteiger partial charge in [-0.2, -0.15) is 0 Å². The molecule has 0 saturated heterocycles. The summed E-state index contributed by atoms with van der Waals surface area (Å²) < 4.78 is 53.0. The predicted molar refractivity (Wildman–Crippen MR) is 155 cm³/mol. The highest BCUT2D eigenvalue weighted by molar-refractivity contribution is 7.92. The molecule has 11 heteroatoms. The Kier molecular flexibility index (Phi) is 11.1. The van der Waals surface area contributed by atoms with Crippen LogP contribution in [0.15, 0.2) is 77.7 Å². The molecule has 0 bridgehead atoms. The van der Waals surface area contributed by atoms with Crippen molar-refractivity contribution >= 4 is 27.5 Å². The number of halogens is 1. The summed E-state index contributed by atoms with van der Waals surface area (Å²) in [4.78, 5) is 28.1. The highest BCUT2D eigenvalue weighted by Gasteiger charge is 2.33. The fourth-order valence-electron chi connectivity index (χ4n) is 4.13. The highest BCUT2D eigenvalue weighted by Crippen LogP contribution is 2.32. The van der Waals surface area contributed by atoms with Crippen LogP contribution in [-0.2, 0) is 26.2 Å². The molecular weight excluding hydrogens is 549 g/mol. The lowest BCUT2D eigenvalue weighted by Crippen LogP contribution is -2.51. The molecule has 0 spiro atoms. The summed E-state index contributed by atoms with van der Waals surface area (Å²) in [6.07, 6.45) is 1.66. The van der Waals surface area contributed by atoms with E-state index in [2.05, 4.69) is 5.32 Å². The molecule has 0 radical (unpaired) electrons. The molecule has 0 aliphatic rings. The van der Waals surface area contributed by atoms with Gasteiger partial charge >= 0.3 is 0 Å². The Bertz CT molecular complexity index is 1420. The zero-order chi connectivity index (χ0) is 30.0. The molecule has 0 aliphatic carbocycles. The molecule has 41 heavy (non-hydrogen) atoms. The molecule has 9 nitrogen and oxygen atoms in total. The quantitative estimate of drug-likeness (QED) is 0.282. The van der Waals surface area contributed by atoms with Crippen LogP contribution in [0.2, 0.25) is 0 Å². The number of hydrogen-bond acceptors (Lipinski definition) is 6. The van der Waals surface area contributed by atoms with Crippen LogP contribution in [-0.4, -0.2) is 58.5 Å². The number of carbonyl (C=O) groups is 2. The number of carbonyl (C=O) groups excluding carboxylic acids is 2. The molecule has 3 rings (SSSR count). The maximum atomic E-state index is 14.0. The Balaban J connectivity index is 2.01. The third-order valence-electron chi connectivity index (χ3n) is 6.53. The second kappa shape index (κ2) is 14.5. The Morgan fingerprint density at radius 2 is 1.61 bits per heavy atom. The van der Waals surface area contributed by atoms with Crippen molar-refractivity contribution < 1.29 is 31.9 Å². The number of nitrogens with one attached hydrogen (secondary N) is 1. The highest BCUT2D eigenvalue weighted by atomic mass is 32.2. The van der Waals surface area contributed by atoms with E-state index in [0.717, 1.165) is 17.1 Å². The third kappa shape index (κ3) is 7.97. The van der Waals surface area contributed by atoms with E-state index in [1.165, 1.54) is 61.6 Å². The summed E-state index contributed by atoms with van der Waals surface area (Å²) in [7, 11) is -1.45. The van der Waals surface area contributed by atoms with Gasteiger partial charge in [0.15, 0.2) is 11.5 Å². The van der Waals surface area contributed by atoms with Crippen LogP contribution in [0.25, 0.3) is 0 Å². The number of para-hydroxylation sites is 1. The number of hydrogen-bond donors (Lipinski definition) is 1. The molecule has 0 unspecified atom stereocenters. The summed E-state index contributed by atoms with van der Waals surface area (Å²) >= 11 is 0. The van der Waals surface area contributed by atoms with E-state index in [0.29, 0.717) is 17.9 Å². The fraction of sp³-hybridized carbons (Fsp3) is 0.333. The summed E-state index contributed by atoms with van der Waals surface area (Å²) in [6.45, 7) is 3.41. The van der Waals surface area contributed by atoms with E-state index < -0.39 is 34.3 Å². The van der Waals surface area contributed by atoms with Crippen LogP contribution in [0.5, 0.6) is 11.5 Å². The van der Waals surface area contributed by atoms with Gasteiger partial charge in [-0.05, 0) is 55.3 Å². The van der Waals surface area contributed by atoms with Crippen molar-refractivity contribution in [2.45, 2.75) is 44.2 Å². The molecule has 1 N–H and O–H groups in total. The normalized spacial score (nSPS) is 11.8. The SMILES string of the molecule is CCCCNC(=O)[C@H](C)N(Cc1ccc(F)cc1)C(=O)CN(c1ccccc1)S(=O)(=O)c1ccc(OC)c(OC)c1. The van der Waals surface area contributed by atoms with Gasteiger partial charge in [0.25, 0.3) is 10.0 Å². The van der Waals surface area contributed by atoms with Crippen molar-refractivity contribution in [2.75, 3.05) is 31.6 Å². The van der Waals surface area contributed by atoms with Crippen LogP contribution in [0.3, 0.4) is 0 Å². The Morgan fingerprint density at radius 1 is 0.951 bits per heavy atom. The number of unbranched alkanes of at least 4 members (excludes halogenated alkanes) is 1. The minimum absolute atomic E-state index is 0.0273. The summed E-state index contributed by atoms with van der Waals surface area (Å²) in [5.74, 6) is -0.859. The van der Waals surface area contributed by atoms with Crippen LogP contribution < -0.4 is 19.1 Å². The van der Waals surface area contributed by atoms with Gasteiger partial charge in [-0.1, -0.05) is 43.7 Å². The Hall–Kier alpha value is -4.12. The average Bonchev–Trinajstić information content (AvgIpc) is 2.99. The van der Waals surface area contributed by atoms with Gasteiger partial charge in [0.1, 0.15) is 18.4 Å². The lowest BCUT2D eigenvalue weighted by Gasteiger charge is -2.32. The summed E-state index contributed by atoms with van der Waals surface area (Å²) in [5, 5.41) is 2.83. The molecule has 0 heterocycles. The number of anilines is 1. The zero-order valence-electron chi connectivity index (χ0n) is 23.7. The van der Waals surface area contributed by atoms with Gasteiger partial charge in [0.2, 0.25) is 11.8 Å².